The van der Waals surface area contributed by atoms with Gasteiger partial charge in [-0.3, -0.25) is 0 Å². The summed E-state index contributed by atoms with van der Waals surface area (Å²) in [4.78, 5) is 4.31. The van der Waals surface area contributed by atoms with Gasteiger partial charge in [0.15, 0.2) is 0 Å². The molecule has 1 aromatic carbocycles. The average molecular weight is 247 g/mol. The molecule has 1 unspecified atom stereocenters. The van der Waals surface area contributed by atoms with Gasteiger partial charge in [-0.1, -0.05) is 12.1 Å². The summed E-state index contributed by atoms with van der Waals surface area (Å²) in [5, 5.41) is 3.26. The molecule has 3 nitrogen and oxygen atoms in total. The smallest absolute Gasteiger partial charge is 0.123 e. The van der Waals surface area contributed by atoms with Crippen molar-refractivity contribution in [3.63, 3.8) is 0 Å². The fourth-order valence-electron chi connectivity index (χ4n) is 2.08. The Bertz CT molecular complexity index is 490. The molecule has 0 saturated carbocycles. The van der Waals surface area contributed by atoms with E-state index in [1.807, 2.05) is 43.2 Å². The second kappa shape index (κ2) is 5.78. The Morgan fingerprint density at radius 2 is 2.06 bits per heavy atom. The molecule has 0 aliphatic carbocycles. The van der Waals surface area contributed by atoms with Gasteiger partial charge in [0.05, 0.1) is 0 Å². The standard InChI is InChI=1S/C14H18FN3/c1-16-13(11-3-5-12(15)6-4-11)7-8-14-17-9-10-18(14)2/h3-6,9-10,13,16H,7-8H2,1-2H3. The van der Waals surface area contributed by atoms with E-state index in [2.05, 4.69) is 10.3 Å². The van der Waals surface area contributed by atoms with E-state index < -0.39 is 0 Å². The third-order valence-corrected chi connectivity index (χ3v) is 3.20. The molecule has 96 valence electrons. The summed E-state index contributed by atoms with van der Waals surface area (Å²) in [6.45, 7) is 0. The number of rotatable bonds is 5. The summed E-state index contributed by atoms with van der Waals surface area (Å²) in [6, 6.07) is 6.88. The molecule has 0 bridgehead atoms. The monoisotopic (exact) mass is 247 g/mol. The lowest BCUT2D eigenvalue weighted by Crippen LogP contribution is -2.17. The van der Waals surface area contributed by atoms with Gasteiger partial charge in [-0.25, -0.2) is 9.37 Å². The molecule has 0 fully saturated rings. The third kappa shape index (κ3) is 2.96. The predicted molar refractivity (Wildman–Crippen MR) is 69.7 cm³/mol. The maximum Gasteiger partial charge on any atom is 0.123 e. The fourth-order valence-corrected chi connectivity index (χ4v) is 2.08. The predicted octanol–water partition coefficient (Wildman–Crippen LogP) is 2.45. The summed E-state index contributed by atoms with van der Waals surface area (Å²) < 4.78 is 14.9. The largest absolute Gasteiger partial charge is 0.338 e. The van der Waals surface area contributed by atoms with Crippen LogP contribution in [-0.4, -0.2) is 16.6 Å². The molecule has 1 atom stereocenters. The average Bonchev–Trinajstić information content (AvgIpc) is 2.78. The van der Waals surface area contributed by atoms with Gasteiger partial charge in [0.2, 0.25) is 0 Å². The van der Waals surface area contributed by atoms with E-state index in [1.54, 1.807) is 0 Å². The van der Waals surface area contributed by atoms with Crippen LogP contribution >= 0.6 is 0 Å². The normalized spacial score (nSPS) is 12.6. The Morgan fingerprint density at radius 1 is 1.33 bits per heavy atom. The SMILES string of the molecule is CNC(CCc1nccn1C)c1ccc(F)cc1. The zero-order valence-electron chi connectivity index (χ0n) is 10.7. The van der Waals surface area contributed by atoms with E-state index in [1.165, 1.54) is 12.1 Å². The lowest BCUT2D eigenvalue weighted by atomic mass is 10.0. The minimum atomic E-state index is -0.197. The molecular weight excluding hydrogens is 229 g/mol. The molecule has 0 radical (unpaired) electrons. The number of hydrogen-bond donors (Lipinski definition) is 1. The molecule has 0 spiro atoms. The zero-order valence-corrected chi connectivity index (χ0v) is 10.7. The van der Waals surface area contributed by atoms with Crippen molar-refractivity contribution in [3.8, 4) is 0 Å². The van der Waals surface area contributed by atoms with Crippen molar-refractivity contribution in [2.45, 2.75) is 18.9 Å². The number of imidazole rings is 1. The van der Waals surface area contributed by atoms with E-state index >= 15 is 0 Å². The third-order valence-electron chi connectivity index (χ3n) is 3.20. The second-order valence-electron chi connectivity index (χ2n) is 4.39. The highest BCUT2D eigenvalue weighted by atomic mass is 19.1. The molecule has 0 aliphatic heterocycles. The van der Waals surface area contributed by atoms with Crippen LogP contribution in [0.5, 0.6) is 0 Å². The summed E-state index contributed by atoms with van der Waals surface area (Å²) in [7, 11) is 3.92. The molecule has 0 saturated heterocycles. The molecule has 2 rings (SSSR count). The number of halogens is 1. The zero-order chi connectivity index (χ0) is 13.0. The summed E-state index contributed by atoms with van der Waals surface area (Å²) in [5.41, 5.74) is 1.10. The molecule has 18 heavy (non-hydrogen) atoms. The highest BCUT2D eigenvalue weighted by molar-refractivity contribution is 5.20. The van der Waals surface area contributed by atoms with Crippen LogP contribution in [0, 0.1) is 5.82 Å². The number of aryl methyl sites for hydroxylation is 2. The van der Waals surface area contributed by atoms with E-state index in [4.69, 9.17) is 0 Å². The summed E-state index contributed by atoms with van der Waals surface area (Å²) >= 11 is 0. The van der Waals surface area contributed by atoms with Gasteiger partial charge in [0.25, 0.3) is 0 Å². The summed E-state index contributed by atoms with van der Waals surface area (Å²) in [6.07, 6.45) is 5.59. The van der Waals surface area contributed by atoms with E-state index in [9.17, 15) is 4.39 Å². The van der Waals surface area contributed by atoms with Crippen molar-refractivity contribution in [1.82, 2.24) is 14.9 Å². The fraction of sp³-hybridized carbons (Fsp3) is 0.357. The number of nitrogens with one attached hydrogen (secondary N) is 1. The Morgan fingerprint density at radius 3 is 2.61 bits per heavy atom. The number of nitrogens with zero attached hydrogens (tertiary/aromatic N) is 2. The number of hydrogen-bond acceptors (Lipinski definition) is 2. The molecule has 1 aromatic heterocycles. The van der Waals surface area contributed by atoms with Crippen LogP contribution < -0.4 is 5.32 Å². The first-order valence-electron chi connectivity index (χ1n) is 6.09. The summed E-state index contributed by atoms with van der Waals surface area (Å²) in [5.74, 6) is 0.870. The van der Waals surface area contributed by atoms with Crippen molar-refractivity contribution in [1.29, 1.82) is 0 Å². The first-order valence-corrected chi connectivity index (χ1v) is 6.09. The van der Waals surface area contributed by atoms with Gasteiger partial charge in [-0.2, -0.15) is 0 Å². The van der Waals surface area contributed by atoms with Crippen LogP contribution in [0.4, 0.5) is 4.39 Å². The first-order chi connectivity index (χ1) is 8.70. The quantitative estimate of drug-likeness (QED) is 0.879. The van der Waals surface area contributed by atoms with Crippen LogP contribution in [0.15, 0.2) is 36.7 Å². The highest BCUT2D eigenvalue weighted by Crippen LogP contribution is 2.18. The molecule has 0 aliphatic rings. The maximum atomic E-state index is 12.9. The van der Waals surface area contributed by atoms with Crippen LogP contribution in [0.25, 0.3) is 0 Å². The van der Waals surface area contributed by atoms with Crippen LogP contribution in [0.3, 0.4) is 0 Å². The minimum absolute atomic E-state index is 0.197. The van der Waals surface area contributed by atoms with E-state index in [0.29, 0.717) is 0 Å². The Balaban J connectivity index is 2.01. The second-order valence-corrected chi connectivity index (χ2v) is 4.39. The van der Waals surface area contributed by atoms with Gasteiger partial charge >= 0.3 is 0 Å². The van der Waals surface area contributed by atoms with Gasteiger partial charge < -0.3 is 9.88 Å². The Labute approximate surface area is 107 Å². The minimum Gasteiger partial charge on any atom is -0.338 e. The van der Waals surface area contributed by atoms with Crippen molar-refractivity contribution < 1.29 is 4.39 Å². The maximum absolute atomic E-state index is 12.9. The lowest BCUT2D eigenvalue weighted by molar-refractivity contribution is 0.534. The topological polar surface area (TPSA) is 29.9 Å². The van der Waals surface area contributed by atoms with Crippen molar-refractivity contribution in [2.75, 3.05) is 7.05 Å². The molecule has 1 N–H and O–H groups in total. The molecule has 1 heterocycles. The van der Waals surface area contributed by atoms with Crippen molar-refractivity contribution in [3.05, 3.63) is 53.9 Å². The van der Waals surface area contributed by atoms with Crippen LogP contribution in [-0.2, 0) is 13.5 Å². The highest BCUT2D eigenvalue weighted by Gasteiger charge is 2.10. The van der Waals surface area contributed by atoms with Crippen molar-refractivity contribution >= 4 is 0 Å². The van der Waals surface area contributed by atoms with Gasteiger partial charge in [0, 0.05) is 31.9 Å². The molecule has 0 amide bonds. The molecule has 2 aromatic rings. The van der Waals surface area contributed by atoms with Crippen LogP contribution in [0.2, 0.25) is 0 Å². The number of aromatic nitrogens is 2. The van der Waals surface area contributed by atoms with E-state index in [0.717, 1.165) is 24.2 Å². The Hall–Kier alpha value is -1.68. The van der Waals surface area contributed by atoms with Gasteiger partial charge in [-0.05, 0) is 31.2 Å². The lowest BCUT2D eigenvalue weighted by Gasteiger charge is -2.16. The van der Waals surface area contributed by atoms with Gasteiger partial charge in [-0.15, -0.1) is 0 Å². The first kappa shape index (κ1) is 12.8. The molecule has 4 heteroatoms. The van der Waals surface area contributed by atoms with Crippen molar-refractivity contribution in [2.24, 2.45) is 7.05 Å². The molecular formula is C14H18FN3. The van der Waals surface area contributed by atoms with Crippen LogP contribution in [0.1, 0.15) is 23.9 Å². The Kier molecular flexibility index (Phi) is 4.10. The number of benzene rings is 1. The van der Waals surface area contributed by atoms with Gasteiger partial charge in [0.1, 0.15) is 11.6 Å². The van der Waals surface area contributed by atoms with E-state index in [-0.39, 0.29) is 11.9 Å².